The zero-order chi connectivity index (χ0) is 23.4. The average Bonchev–Trinajstić information content (AvgIpc) is 3.07. The first-order chi connectivity index (χ1) is 15.9. The quantitative estimate of drug-likeness (QED) is 0.398. The molecule has 1 heterocycles. The molecule has 1 aliphatic heterocycles. The van der Waals surface area contributed by atoms with E-state index in [2.05, 4.69) is 0 Å². The molecule has 3 aromatic rings. The number of imide groups is 1. The van der Waals surface area contributed by atoms with Gasteiger partial charge in [-0.3, -0.25) is 14.5 Å². The predicted molar refractivity (Wildman–Crippen MR) is 131 cm³/mol. The van der Waals surface area contributed by atoms with Gasteiger partial charge in [-0.2, -0.15) is 0 Å². The molecule has 0 aromatic heterocycles. The maximum Gasteiger partial charge on any atom is 0.293 e. The molecule has 5 nitrogen and oxygen atoms in total. The molecule has 2 amide bonds. The summed E-state index contributed by atoms with van der Waals surface area (Å²) in [7, 11) is 1.58. The van der Waals surface area contributed by atoms with E-state index >= 15 is 0 Å². The van der Waals surface area contributed by atoms with Crippen LogP contribution in [0.1, 0.15) is 27.8 Å². The molecule has 1 fully saturated rings. The lowest BCUT2D eigenvalue weighted by atomic mass is 10.1. The van der Waals surface area contributed by atoms with Crippen LogP contribution >= 0.6 is 11.8 Å². The normalized spacial score (nSPS) is 14.8. The SMILES string of the molecule is COc1cc(/C=C2\SC(=O)N(Cc3ccc(C)cc3)C2=O)ccc1OCc1ccc(C)cc1. The van der Waals surface area contributed by atoms with Crippen LogP contribution in [0.15, 0.2) is 71.6 Å². The molecule has 4 rings (SSSR count). The molecular formula is C27H25NO4S. The van der Waals surface area contributed by atoms with Gasteiger partial charge in [0.15, 0.2) is 11.5 Å². The highest BCUT2D eigenvalue weighted by molar-refractivity contribution is 8.18. The zero-order valence-corrected chi connectivity index (χ0v) is 19.6. The lowest BCUT2D eigenvalue weighted by Crippen LogP contribution is -2.27. The summed E-state index contributed by atoms with van der Waals surface area (Å²) in [5, 5.41) is -0.267. The second kappa shape index (κ2) is 9.96. The Bertz CT molecular complexity index is 1200. The molecule has 0 bridgehead atoms. The third-order valence-electron chi connectivity index (χ3n) is 5.34. The number of amides is 2. The molecule has 6 heteroatoms. The maximum atomic E-state index is 12.9. The van der Waals surface area contributed by atoms with Crippen molar-refractivity contribution in [2.75, 3.05) is 7.11 Å². The molecule has 0 unspecified atom stereocenters. The van der Waals surface area contributed by atoms with E-state index in [0.29, 0.717) is 23.0 Å². The van der Waals surface area contributed by atoms with Gasteiger partial charge in [0.05, 0.1) is 18.6 Å². The fourth-order valence-corrected chi connectivity index (χ4v) is 4.24. The zero-order valence-electron chi connectivity index (χ0n) is 18.8. The van der Waals surface area contributed by atoms with Gasteiger partial charge >= 0.3 is 0 Å². The third kappa shape index (κ3) is 5.46. The summed E-state index contributed by atoms with van der Waals surface area (Å²) < 4.78 is 11.4. The van der Waals surface area contributed by atoms with Crippen molar-refractivity contribution >= 4 is 29.0 Å². The second-order valence-electron chi connectivity index (χ2n) is 7.94. The van der Waals surface area contributed by atoms with Gasteiger partial charge in [-0.15, -0.1) is 0 Å². The molecule has 0 radical (unpaired) electrons. The van der Waals surface area contributed by atoms with Crippen molar-refractivity contribution in [3.05, 3.63) is 99.5 Å². The van der Waals surface area contributed by atoms with Gasteiger partial charge in [0.1, 0.15) is 6.61 Å². The summed E-state index contributed by atoms with van der Waals surface area (Å²) in [5.74, 6) is 0.890. The van der Waals surface area contributed by atoms with Crippen LogP contribution in [0.3, 0.4) is 0 Å². The van der Waals surface area contributed by atoms with Crippen LogP contribution in [0.4, 0.5) is 4.79 Å². The highest BCUT2D eigenvalue weighted by Crippen LogP contribution is 2.35. The maximum absolute atomic E-state index is 12.9. The van der Waals surface area contributed by atoms with Gasteiger partial charge in [-0.1, -0.05) is 65.7 Å². The molecule has 0 saturated carbocycles. The second-order valence-corrected chi connectivity index (χ2v) is 8.93. The minimum Gasteiger partial charge on any atom is -0.493 e. The highest BCUT2D eigenvalue weighted by atomic mass is 32.2. The summed E-state index contributed by atoms with van der Waals surface area (Å²) in [6.07, 6.45) is 1.71. The van der Waals surface area contributed by atoms with E-state index in [1.807, 2.05) is 74.5 Å². The Kier molecular flexibility index (Phi) is 6.84. The minimum atomic E-state index is -0.288. The molecule has 3 aromatic carbocycles. The van der Waals surface area contributed by atoms with E-state index in [1.54, 1.807) is 19.3 Å². The van der Waals surface area contributed by atoms with Gasteiger partial charge < -0.3 is 9.47 Å². The monoisotopic (exact) mass is 459 g/mol. The van der Waals surface area contributed by atoms with E-state index < -0.39 is 0 Å². The summed E-state index contributed by atoms with van der Waals surface area (Å²) in [5.41, 5.74) is 5.07. The van der Waals surface area contributed by atoms with Crippen molar-refractivity contribution in [3.63, 3.8) is 0 Å². The van der Waals surface area contributed by atoms with Crippen molar-refractivity contribution < 1.29 is 19.1 Å². The fraction of sp³-hybridized carbons (Fsp3) is 0.185. The first-order valence-corrected chi connectivity index (χ1v) is 11.4. The Balaban J connectivity index is 1.47. The Morgan fingerprint density at radius 1 is 0.848 bits per heavy atom. The van der Waals surface area contributed by atoms with Gasteiger partial charge in [0, 0.05) is 0 Å². The number of hydrogen-bond acceptors (Lipinski definition) is 5. The topological polar surface area (TPSA) is 55.8 Å². The number of hydrogen-bond donors (Lipinski definition) is 0. The number of ether oxygens (including phenoxy) is 2. The lowest BCUT2D eigenvalue weighted by molar-refractivity contribution is -0.123. The van der Waals surface area contributed by atoms with Crippen molar-refractivity contribution in [2.24, 2.45) is 0 Å². The number of aryl methyl sites for hydroxylation is 2. The van der Waals surface area contributed by atoms with Crippen LogP contribution in [0, 0.1) is 13.8 Å². The molecular weight excluding hydrogens is 434 g/mol. The molecule has 1 aliphatic rings. The standard InChI is InChI=1S/C27H25NO4S/c1-18-4-8-20(9-5-18)16-28-26(29)25(33-27(28)30)15-22-12-13-23(24(14-22)31-3)32-17-21-10-6-19(2)7-11-21/h4-15H,16-17H2,1-3H3/b25-15-. The average molecular weight is 460 g/mol. The van der Waals surface area contributed by atoms with Gasteiger partial charge in [0.25, 0.3) is 11.1 Å². The summed E-state index contributed by atoms with van der Waals surface area (Å²) in [4.78, 5) is 27.0. The van der Waals surface area contributed by atoms with E-state index in [1.165, 1.54) is 10.5 Å². The first kappa shape index (κ1) is 22.7. The van der Waals surface area contributed by atoms with Gasteiger partial charge in [0.2, 0.25) is 0 Å². The number of carbonyl (C=O) groups is 2. The number of benzene rings is 3. The van der Waals surface area contributed by atoms with Crippen LogP contribution in [0.25, 0.3) is 6.08 Å². The Labute approximate surface area is 198 Å². The number of carbonyl (C=O) groups excluding carboxylic acids is 2. The molecule has 1 saturated heterocycles. The highest BCUT2D eigenvalue weighted by Gasteiger charge is 2.35. The Morgan fingerprint density at radius 3 is 2.12 bits per heavy atom. The molecule has 0 N–H and O–H groups in total. The summed E-state index contributed by atoms with van der Waals surface area (Å²) >= 11 is 0.952. The van der Waals surface area contributed by atoms with Crippen LogP contribution in [-0.2, 0) is 17.9 Å². The summed E-state index contributed by atoms with van der Waals surface area (Å²) in [6, 6.07) is 21.4. The Hall–Kier alpha value is -3.51. The smallest absolute Gasteiger partial charge is 0.293 e. The molecule has 0 aliphatic carbocycles. The molecule has 168 valence electrons. The van der Waals surface area contributed by atoms with Crippen molar-refractivity contribution in [1.82, 2.24) is 4.90 Å². The van der Waals surface area contributed by atoms with Crippen molar-refractivity contribution in [3.8, 4) is 11.5 Å². The molecule has 0 atom stereocenters. The molecule has 0 spiro atoms. The van der Waals surface area contributed by atoms with E-state index in [-0.39, 0.29) is 17.7 Å². The Morgan fingerprint density at radius 2 is 1.48 bits per heavy atom. The van der Waals surface area contributed by atoms with E-state index in [0.717, 1.165) is 34.0 Å². The van der Waals surface area contributed by atoms with E-state index in [4.69, 9.17) is 9.47 Å². The molecule has 33 heavy (non-hydrogen) atoms. The number of rotatable bonds is 7. The van der Waals surface area contributed by atoms with Crippen molar-refractivity contribution in [1.29, 1.82) is 0 Å². The third-order valence-corrected chi connectivity index (χ3v) is 6.24. The van der Waals surface area contributed by atoms with Crippen LogP contribution < -0.4 is 9.47 Å². The summed E-state index contributed by atoms with van der Waals surface area (Å²) in [6.45, 7) is 4.73. The lowest BCUT2D eigenvalue weighted by Gasteiger charge is -2.13. The largest absolute Gasteiger partial charge is 0.493 e. The van der Waals surface area contributed by atoms with Crippen LogP contribution in [0.2, 0.25) is 0 Å². The number of thioether (sulfide) groups is 1. The van der Waals surface area contributed by atoms with E-state index in [9.17, 15) is 9.59 Å². The van der Waals surface area contributed by atoms with Crippen LogP contribution in [0.5, 0.6) is 11.5 Å². The van der Waals surface area contributed by atoms with Crippen LogP contribution in [-0.4, -0.2) is 23.2 Å². The predicted octanol–water partition coefficient (Wildman–Crippen LogP) is 6.13. The van der Waals surface area contributed by atoms with Gasteiger partial charge in [-0.05, 0) is 60.5 Å². The number of nitrogens with zero attached hydrogens (tertiary/aromatic N) is 1. The van der Waals surface area contributed by atoms with Gasteiger partial charge in [-0.25, -0.2) is 0 Å². The van der Waals surface area contributed by atoms with Crippen molar-refractivity contribution in [2.45, 2.75) is 27.0 Å². The first-order valence-electron chi connectivity index (χ1n) is 10.6. The minimum absolute atomic E-state index is 0.261. The number of methoxy groups -OCH3 is 1. The fourth-order valence-electron chi connectivity index (χ4n) is 3.40.